The molecule has 0 bridgehead atoms. The van der Waals surface area contributed by atoms with Gasteiger partial charge in [0, 0.05) is 5.56 Å². The standard InChI is InChI=1S/C17H19N3O2/c18-17(20-22-13-8-2-3-9-13)19-16(21)15-11-5-7-12-6-1-4-10-14(12)15/h1,4-7,10-11,13H,2-3,8-9H2,(H3,18,19,20,21). The Hall–Kier alpha value is -2.56. The molecule has 0 heterocycles. The van der Waals surface area contributed by atoms with Gasteiger partial charge in [-0.15, -0.1) is 0 Å². The Morgan fingerprint density at radius 2 is 1.86 bits per heavy atom. The minimum absolute atomic E-state index is 0.00941. The van der Waals surface area contributed by atoms with E-state index in [0.717, 1.165) is 36.5 Å². The average Bonchev–Trinajstić information content (AvgIpc) is 3.06. The zero-order chi connectivity index (χ0) is 15.4. The lowest BCUT2D eigenvalue weighted by atomic mass is 10.0. The molecule has 1 aliphatic rings. The zero-order valence-electron chi connectivity index (χ0n) is 12.3. The molecule has 0 aromatic heterocycles. The number of carbonyl (C=O) groups is 1. The lowest BCUT2D eigenvalue weighted by molar-refractivity contribution is 0.0629. The number of amides is 1. The van der Waals surface area contributed by atoms with Gasteiger partial charge in [0.25, 0.3) is 5.91 Å². The number of hydrogen-bond acceptors (Lipinski definition) is 3. The summed E-state index contributed by atoms with van der Waals surface area (Å²) < 4.78 is 0. The van der Waals surface area contributed by atoms with E-state index in [2.05, 4.69) is 10.5 Å². The Labute approximate surface area is 129 Å². The maximum Gasteiger partial charge on any atom is 0.258 e. The van der Waals surface area contributed by atoms with Crippen molar-refractivity contribution in [2.24, 2.45) is 10.9 Å². The van der Waals surface area contributed by atoms with Crippen LogP contribution in [0.5, 0.6) is 0 Å². The Balaban J connectivity index is 1.71. The van der Waals surface area contributed by atoms with E-state index in [-0.39, 0.29) is 18.0 Å². The summed E-state index contributed by atoms with van der Waals surface area (Å²) in [4.78, 5) is 17.7. The molecule has 0 atom stereocenters. The molecule has 1 fully saturated rings. The summed E-state index contributed by atoms with van der Waals surface area (Å²) >= 11 is 0. The van der Waals surface area contributed by atoms with Crippen molar-refractivity contribution in [3.63, 3.8) is 0 Å². The molecule has 22 heavy (non-hydrogen) atoms. The molecule has 1 saturated carbocycles. The van der Waals surface area contributed by atoms with E-state index in [9.17, 15) is 4.79 Å². The summed E-state index contributed by atoms with van der Waals surface area (Å²) in [5.41, 5.74) is 6.29. The Morgan fingerprint density at radius 1 is 1.14 bits per heavy atom. The van der Waals surface area contributed by atoms with Gasteiger partial charge in [0.2, 0.25) is 5.96 Å². The smallest absolute Gasteiger partial charge is 0.258 e. The van der Waals surface area contributed by atoms with Crippen LogP contribution in [0.2, 0.25) is 0 Å². The van der Waals surface area contributed by atoms with Gasteiger partial charge in [0.05, 0.1) is 0 Å². The maximum atomic E-state index is 12.3. The maximum absolute atomic E-state index is 12.3. The molecule has 0 saturated heterocycles. The molecular weight excluding hydrogens is 278 g/mol. The van der Waals surface area contributed by atoms with E-state index >= 15 is 0 Å². The molecule has 2 aromatic carbocycles. The number of nitrogens with one attached hydrogen (secondary N) is 1. The largest absolute Gasteiger partial charge is 0.390 e. The summed E-state index contributed by atoms with van der Waals surface area (Å²) in [6, 6.07) is 13.3. The quantitative estimate of drug-likeness (QED) is 0.519. The molecule has 5 heteroatoms. The second-order valence-corrected chi connectivity index (χ2v) is 5.47. The van der Waals surface area contributed by atoms with Crippen molar-refractivity contribution in [1.29, 1.82) is 0 Å². The topological polar surface area (TPSA) is 76.7 Å². The van der Waals surface area contributed by atoms with Crippen LogP contribution in [0, 0.1) is 0 Å². The molecule has 0 unspecified atom stereocenters. The van der Waals surface area contributed by atoms with Gasteiger partial charge in [-0.05, 0) is 47.7 Å². The highest BCUT2D eigenvalue weighted by atomic mass is 16.6. The van der Waals surface area contributed by atoms with Crippen molar-refractivity contribution in [3.05, 3.63) is 48.0 Å². The number of hydrogen-bond donors (Lipinski definition) is 2. The van der Waals surface area contributed by atoms with E-state index in [1.807, 2.05) is 36.4 Å². The lowest BCUT2D eigenvalue weighted by Gasteiger charge is -2.09. The van der Waals surface area contributed by atoms with Crippen LogP contribution in [0.25, 0.3) is 10.8 Å². The third kappa shape index (κ3) is 3.19. The van der Waals surface area contributed by atoms with Gasteiger partial charge in [0.1, 0.15) is 6.10 Å². The van der Waals surface area contributed by atoms with Crippen molar-refractivity contribution in [3.8, 4) is 0 Å². The summed E-state index contributed by atoms with van der Waals surface area (Å²) in [6.45, 7) is 0. The summed E-state index contributed by atoms with van der Waals surface area (Å²) in [6.07, 6.45) is 4.42. The number of nitrogens with two attached hydrogens (primary N) is 1. The molecule has 3 N–H and O–H groups in total. The third-order valence-electron chi connectivity index (χ3n) is 3.88. The Kier molecular flexibility index (Phi) is 4.23. The van der Waals surface area contributed by atoms with Crippen molar-refractivity contribution in [1.82, 2.24) is 5.32 Å². The van der Waals surface area contributed by atoms with Gasteiger partial charge in [-0.25, -0.2) is 0 Å². The Bertz CT molecular complexity index is 701. The highest BCUT2D eigenvalue weighted by Crippen LogP contribution is 2.21. The average molecular weight is 297 g/mol. The third-order valence-corrected chi connectivity index (χ3v) is 3.88. The molecule has 0 aliphatic heterocycles. The number of rotatable bonds is 3. The highest BCUT2D eigenvalue weighted by molar-refractivity contribution is 6.12. The van der Waals surface area contributed by atoms with Crippen LogP contribution in [-0.4, -0.2) is 18.0 Å². The van der Waals surface area contributed by atoms with Gasteiger partial charge in [-0.3, -0.25) is 10.1 Å². The molecule has 3 rings (SSSR count). The molecule has 114 valence electrons. The second-order valence-electron chi connectivity index (χ2n) is 5.47. The van der Waals surface area contributed by atoms with Crippen molar-refractivity contribution >= 4 is 22.6 Å². The highest BCUT2D eigenvalue weighted by Gasteiger charge is 2.16. The van der Waals surface area contributed by atoms with E-state index in [0.29, 0.717) is 5.56 Å². The van der Waals surface area contributed by atoms with E-state index in [1.54, 1.807) is 6.07 Å². The van der Waals surface area contributed by atoms with Crippen LogP contribution in [0.15, 0.2) is 47.6 Å². The van der Waals surface area contributed by atoms with Crippen LogP contribution in [0.4, 0.5) is 0 Å². The van der Waals surface area contributed by atoms with Gasteiger partial charge >= 0.3 is 0 Å². The first kappa shape index (κ1) is 14.4. The summed E-state index contributed by atoms with van der Waals surface area (Å²) in [5.74, 6) is -0.294. The van der Waals surface area contributed by atoms with E-state index < -0.39 is 0 Å². The molecular formula is C17H19N3O2. The molecule has 5 nitrogen and oxygen atoms in total. The SMILES string of the molecule is N/C(=N\OC1CCCC1)NC(=O)c1cccc2ccccc12. The van der Waals surface area contributed by atoms with E-state index in [1.165, 1.54) is 0 Å². The number of fused-ring (bicyclic) bond motifs is 1. The van der Waals surface area contributed by atoms with Crippen molar-refractivity contribution in [2.45, 2.75) is 31.8 Å². The number of carbonyl (C=O) groups excluding carboxylic acids is 1. The zero-order valence-corrected chi connectivity index (χ0v) is 12.3. The van der Waals surface area contributed by atoms with Gasteiger partial charge in [0.15, 0.2) is 0 Å². The fourth-order valence-corrected chi connectivity index (χ4v) is 2.75. The number of benzene rings is 2. The molecule has 0 radical (unpaired) electrons. The first-order valence-electron chi connectivity index (χ1n) is 7.52. The first-order chi connectivity index (χ1) is 10.7. The van der Waals surface area contributed by atoms with Gasteiger partial charge in [-0.1, -0.05) is 36.4 Å². The normalized spacial score (nSPS) is 15.9. The minimum Gasteiger partial charge on any atom is -0.390 e. The molecule has 1 amide bonds. The van der Waals surface area contributed by atoms with Crippen LogP contribution < -0.4 is 11.1 Å². The predicted octanol–water partition coefficient (Wildman–Crippen LogP) is 2.76. The Morgan fingerprint density at radius 3 is 2.68 bits per heavy atom. The minimum atomic E-state index is -0.284. The van der Waals surface area contributed by atoms with Crippen molar-refractivity contribution < 1.29 is 9.63 Å². The lowest BCUT2D eigenvalue weighted by Crippen LogP contribution is -2.37. The molecule has 0 spiro atoms. The van der Waals surface area contributed by atoms with Crippen LogP contribution >= 0.6 is 0 Å². The van der Waals surface area contributed by atoms with Gasteiger partial charge in [-0.2, -0.15) is 0 Å². The molecule has 1 aliphatic carbocycles. The first-order valence-corrected chi connectivity index (χ1v) is 7.52. The van der Waals surface area contributed by atoms with E-state index in [4.69, 9.17) is 10.6 Å². The summed E-state index contributed by atoms with van der Waals surface area (Å²) in [5, 5.41) is 8.28. The van der Waals surface area contributed by atoms with Gasteiger partial charge < -0.3 is 10.6 Å². The van der Waals surface area contributed by atoms with Crippen molar-refractivity contribution in [2.75, 3.05) is 0 Å². The number of guanidine groups is 1. The monoisotopic (exact) mass is 297 g/mol. The fraction of sp³-hybridized carbons (Fsp3) is 0.294. The van der Waals surface area contributed by atoms with Crippen LogP contribution in [0.1, 0.15) is 36.0 Å². The number of nitrogens with zero attached hydrogens (tertiary/aromatic N) is 1. The van der Waals surface area contributed by atoms with Crippen LogP contribution in [-0.2, 0) is 4.84 Å². The predicted molar refractivity (Wildman–Crippen MR) is 86.4 cm³/mol. The van der Waals surface area contributed by atoms with Crippen LogP contribution in [0.3, 0.4) is 0 Å². The fourth-order valence-electron chi connectivity index (χ4n) is 2.75. The number of oxime groups is 1. The molecule has 2 aromatic rings. The second kappa shape index (κ2) is 6.47. The summed E-state index contributed by atoms with van der Waals surface area (Å²) in [7, 11) is 0.